The van der Waals surface area contributed by atoms with E-state index in [0.717, 1.165) is 19.2 Å². The van der Waals surface area contributed by atoms with Crippen molar-refractivity contribution in [1.29, 1.82) is 0 Å². The Kier molecular flexibility index (Phi) is 9.32. The molecular weight excluding hydrogens is 545 g/mol. The van der Waals surface area contributed by atoms with Crippen molar-refractivity contribution in [3.05, 3.63) is 59.3 Å². The molecular formula is C23H25F2N4O9P. The van der Waals surface area contributed by atoms with Crippen LogP contribution in [0, 0.1) is 0 Å². The summed E-state index contributed by atoms with van der Waals surface area (Å²) in [5.41, 5.74) is 3.88. The number of aromatic nitrogens is 2. The van der Waals surface area contributed by atoms with E-state index in [1.165, 1.54) is 24.3 Å². The SMILES string of the molecule is C=C(N=[P+]([O-])Oc1ccccc1OC[C@H]1O[C@H](n2ccc(N)nc2=O)C(F)(F)[C@@H]1OC(C)=O)C(=O)OC(C)C. The summed E-state index contributed by atoms with van der Waals surface area (Å²) in [7, 11) is -2.85. The molecule has 1 saturated heterocycles. The fourth-order valence-corrected chi connectivity index (χ4v) is 4.01. The number of ether oxygens (including phenoxy) is 4. The van der Waals surface area contributed by atoms with Crippen molar-refractivity contribution >= 4 is 25.9 Å². The Labute approximate surface area is 221 Å². The quantitative estimate of drug-likeness (QED) is 0.251. The minimum absolute atomic E-state index is 0.0605. The molecule has 0 bridgehead atoms. The van der Waals surface area contributed by atoms with Gasteiger partial charge in [0.2, 0.25) is 12.0 Å². The first-order valence-electron chi connectivity index (χ1n) is 11.3. The molecule has 39 heavy (non-hydrogen) atoms. The van der Waals surface area contributed by atoms with E-state index >= 15 is 8.78 Å². The second kappa shape index (κ2) is 12.3. The second-order valence-corrected chi connectivity index (χ2v) is 9.22. The zero-order valence-corrected chi connectivity index (χ0v) is 21.9. The number of para-hydroxylation sites is 2. The molecule has 1 aromatic carbocycles. The van der Waals surface area contributed by atoms with Crippen LogP contribution < -0.4 is 25.6 Å². The van der Waals surface area contributed by atoms with Crippen LogP contribution in [0.15, 0.2) is 58.3 Å². The number of nitrogens with two attached hydrogens (primary N) is 1. The van der Waals surface area contributed by atoms with Crippen molar-refractivity contribution in [3.8, 4) is 11.5 Å². The molecule has 16 heteroatoms. The van der Waals surface area contributed by atoms with Gasteiger partial charge in [-0.1, -0.05) is 18.7 Å². The molecule has 1 aliphatic heterocycles. The molecule has 3 rings (SSSR count). The normalized spacial score (nSPS) is 20.4. The molecule has 2 heterocycles. The molecule has 0 saturated carbocycles. The monoisotopic (exact) mass is 570 g/mol. The number of nitrogens with zero attached hydrogens (tertiary/aromatic N) is 3. The van der Waals surface area contributed by atoms with Gasteiger partial charge in [-0.15, -0.1) is 0 Å². The molecule has 1 aromatic heterocycles. The number of carbonyl (C=O) groups excluding carboxylic acids is 2. The molecule has 1 aliphatic rings. The number of anilines is 1. The van der Waals surface area contributed by atoms with E-state index in [1.807, 2.05) is 0 Å². The highest BCUT2D eigenvalue weighted by atomic mass is 31.1. The first kappa shape index (κ1) is 29.6. The van der Waals surface area contributed by atoms with Gasteiger partial charge in [0.15, 0.2) is 17.6 Å². The molecule has 2 aromatic rings. The van der Waals surface area contributed by atoms with Gasteiger partial charge in [0, 0.05) is 13.1 Å². The summed E-state index contributed by atoms with van der Waals surface area (Å²) < 4.78 is 60.6. The van der Waals surface area contributed by atoms with Crippen LogP contribution in [0.2, 0.25) is 0 Å². The van der Waals surface area contributed by atoms with Crippen LogP contribution in [-0.4, -0.2) is 52.3 Å². The van der Waals surface area contributed by atoms with Crippen LogP contribution >= 0.6 is 8.17 Å². The molecule has 4 atom stereocenters. The van der Waals surface area contributed by atoms with Crippen LogP contribution in [0.3, 0.4) is 0 Å². The topological polar surface area (TPSA) is 177 Å². The third-order valence-corrected chi connectivity index (χ3v) is 5.71. The first-order valence-corrected chi connectivity index (χ1v) is 12.5. The summed E-state index contributed by atoms with van der Waals surface area (Å²) in [6.07, 6.45) is -5.36. The smallest absolute Gasteiger partial charge is 0.400 e. The van der Waals surface area contributed by atoms with Crippen molar-refractivity contribution in [2.45, 2.75) is 51.2 Å². The predicted octanol–water partition coefficient (Wildman–Crippen LogP) is 2.07. The molecule has 0 amide bonds. The van der Waals surface area contributed by atoms with Crippen molar-refractivity contribution in [2.24, 2.45) is 4.74 Å². The van der Waals surface area contributed by atoms with E-state index in [9.17, 15) is 19.3 Å². The average Bonchev–Trinajstić information content (AvgIpc) is 3.07. The summed E-state index contributed by atoms with van der Waals surface area (Å²) in [5, 5.41) is 0. The van der Waals surface area contributed by atoms with Gasteiger partial charge in [-0.3, -0.25) is 13.9 Å². The second-order valence-electron chi connectivity index (χ2n) is 8.36. The summed E-state index contributed by atoms with van der Waals surface area (Å²) in [4.78, 5) is 51.3. The van der Waals surface area contributed by atoms with E-state index in [-0.39, 0.29) is 17.3 Å². The lowest BCUT2D eigenvalue weighted by Gasteiger charge is -2.23. The van der Waals surface area contributed by atoms with Crippen LogP contribution in [0.4, 0.5) is 14.6 Å². The summed E-state index contributed by atoms with van der Waals surface area (Å²) in [6.45, 7) is 6.94. The van der Waals surface area contributed by atoms with Gasteiger partial charge >= 0.3 is 31.7 Å². The van der Waals surface area contributed by atoms with E-state index in [1.54, 1.807) is 13.8 Å². The first-order chi connectivity index (χ1) is 18.3. The maximum Gasteiger partial charge on any atom is 0.400 e. The Balaban J connectivity index is 1.79. The summed E-state index contributed by atoms with van der Waals surface area (Å²) in [6, 6.07) is 6.87. The molecule has 0 spiro atoms. The number of halogens is 2. The van der Waals surface area contributed by atoms with E-state index in [4.69, 9.17) is 29.2 Å². The number of alkyl halides is 2. The van der Waals surface area contributed by atoms with Crippen LogP contribution in [-0.2, 0) is 23.8 Å². The Morgan fingerprint density at radius 1 is 1.31 bits per heavy atom. The molecule has 0 radical (unpaired) electrons. The Morgan fingerprint density at radius 3 is 2.59 bits per heavy atom. The maximum absolute atomic E-state index is 15.3. The van der Waals surface area contributed by atoms with Crippen molar-refractivity contribution in [3.63, 3.8) is 0 Å². The van der Waals surface area contributed by atoms with Crippen LogP contribution in [0.1, 0.15) is 27.0 Å². The standard InChI is InChI=1S/C23H25F2N4O9P/c1-12(2)35-20(31)13(3)28-39(33)38-16-8-6-5-7-15(16)34-11-17-19(36-14(4)30)23(24,25)21(37-17)29-10-9-18(26)27-22(29)32/h5-10,12,17,19,21H,3,11H2,1-2,4H3,(H2,26,27,32)/t17-,19-,21+/m1/s1. The average molecular weight is 570 g/mol. The molecule has 1 unspecified atom stereocenters. The van der Waals surface area contributed by atoms with Crippen molar-refractivity contribution < 1.29 is 46.7 Å². The number of hydrogen-bond donors (Lipinski definition) is 1. The molecule has 2 N–H and O–H groups in total. The fourth-order valence-electron chi connectivity index (χ4n) is 3.37. The van der Waals surface area contributed by atoms with Gasteiger partial charge in [0.1, 0.15) is 18.5 Å². The summed E-state index contributed by atoms with van der Waals surface area (Å²) in [5.74, 6) is -6.13. The van der Waals surface area contributed by atoms with Gasteiger partial charge in [0.05, 0.1) is 6.10 Å². The summed E-state index contributed by atoms with van der Waals surface area (Å²) >= 11 is 0. The zero-order chi connectivity index (χ0) is 28.9. The van der Waals surface area contributed by atoms with Crippen LogP contribution in [0.25, 0.3) is 0 Å². The predicted molar refractivity (Wildman–Crippen MR) is 130 cm³/mol. The maximum atomic E-state index is 15.3. The number of hydrogen-bond acceptors (Lipinski definition) is 12. The number of benzene rings is 1. The molecule has 0 aliphatic carbocycles. The number of nitrogen functional groups attached to an aromatic ring is 1. The van der Waals surface area contributed by atoms with E-state index in [2.05, 4.69) is 16.3 Å². The highest BCUT2D eigenvalue weighted by molar-refractivity contribution is 7.34. The minimum Gasteiger partial charge on any atom is -0.575 e. The largest absolute Gasteiger partial charge is 0.575 e. The van der Waals surface area contributed by atoms with Gasteiger partial charge in [0.25, 0.3) is 0 Å². The number of carbonyl (C=O) groups is 2. The third-order valence-electron chi connectivity index (χ3n) is 4.96. The highest BCUT2D eigenvalue weighted by Crippen LogP contribution is 2.44. The highest BCUT2D eigenvalue weighted by Gasteiger charge is 2.62. The fraction of sp³-hybridized carbons (Fsp3) is 0.391. The lowest BCUT2D eigenvalue weighted by molar-refractivity contribution is -0.174. The molecule has 1 fully saturated rings. The Bertz CT molecular complexity index is 1330. The van der Waals surface area contributed by atoms with Crippen LogP contribution in [0.5, 0.6) is 11.5 Å². The minimum atomic E-state index is -3.87. The lowest BCUT2D eigenvalue weighted by Crippen LogP contribution is -2.44. The molecule has 210 valence electrons. The lowest BCUT2D eigenvalue weighted by atomic mass is 10.1. The van der Waals surface area contributed by atoms with Crippen molar-refractivity contribution in [1.82, 2.24) is 9.55 Å². The van der Waals surface area contributed by atoms with E-state index in [0.29, 0.717) is 4.57 Å². The van der Waals surface area contributed by atoms with Gasteiger partial charge in [-0.2, -0.15) is 13.8 Å². The number of rotatable bonds is 10. The Morgan fingerprint density at radius 2 is 1.97 bits per heavy atom. The molecule has 13 nitrogen and oxygen atoms in total. The van der Waals surface area contributed by atoms with Gasteiger partial charge in [-0.25, -0.2) is 9.59 Å². The van der Waals surface area contributed by atoms with E-state index < -0.39 is 68.6 Å². The Hall–Kier alpha value is -3.94. The zero-order valence-electron chi connectivity index (χ0n) is 21.0. The van der Waals surface area contributed by atoms with Gasteiger partial charge < -0.3 is 29.6 Å². The number of esters is 2. The van der Waals surface area contributed by atoms with Gasteiger partial charge in [-0.05, 0) is 36.8 Å². The van der Waals surface area contributed by atoms with Crippen molar-refractivity contribution in [2.75, 3.05) is 12.3 Å². The third kappa shape index (κ3) is 7.34.